The van der Waals surface area contributed by atoms with E-state index in [0.29, 0.717) is 17.9 Å². The monoisotopic (exact) mass is 617 g/mol. The lowest BCUT2D eigenvalue weighted by atomic mass is 10.1. The molecule has 6 heteroatoms. The summed E-state index contributed by atoms with van der Waals surface area (Å²) in [4.78, 5) is 0. The molecule has 108 valence electrons. The van der Waals surface area contributed by atoms with Gasteiger partial charge in [0.15, 0.2) is 0 Å². The van der Waals surface area contributed by atoms with E-state index >= 15 is 0 Å². The fourth-order valence-corrected chi connectivity index (χ4v) is 5.63. The summed E-state index contributed by atoms with van der Waals surface area (Å²) < 4.78 is 14.5. The van der Waals surface area contributed by atoms with Gasteiger partial charge in [-0.25, -0.2) is 0 Å². The van der Waals surface area contributed by atoms with E-state index in [1.165, 1.54) is 3.57 Å². The molecule has 3 nitrogen and oxygen atoms in total. The Hall–Kier alpha value is -0.280. The SMILES string of the molecule is COc1cc(COc2c(I)cc(I)cc2I)ccc1C#N. The summed E-state index contributed by atoms with van der Waals surface area (Å²) in [6.45, 7) is 0.439. The van der Waals surface area contributed by atoms with Crippen molar-refractivity contribution in [1.29, 1.82) is 5.26 Å². The van der Waals surface area contributed by atoms with Crippen LogP contribution >= 0.6 is 67.8 Å². The zero-order valence-corrected chi connectivity index (χ0v) is 17.5. The zero-order chi connectivity index (χ0) is 15.4. The van der Waals surface area contributed by atoms with Gasteiger partial charge in [-0.15, -0.1) is 0 Å². The Morgan fingerprint density at radius 3 is 2.33 bits per heavy atom. The van der Waals surface area contributed by atoms with Gasteiger partial charge in [0.25, 0.3) is 0 Å². The van der Waals surface area contributed by atoms with E-state index in [4.69, 9.17) is 14.7 Å². The van der Waals surface area contributed by atoms with Gasteiger partial charge >= 0.3 is 0 Å². The summed E-state index contributed by atoms with van der Waals surface area (Å²) in [7, 11) is 1.56. The van der Waals surface area contributed by atoms with Crippen LogP contribution in [0.4, 0.5) is 0 Å². The minimum absolute atomic E-state index is 0.439. The number of hydrogen-bond donors (Lipinski definition) is 0. The van der Waals surface area contributed by atoms with Crippen molar-refractivity contribution in [2.24, 2.45) is 0 Å². The molecule has 0 saturated heterocycles. The first-order chi connectivity index (χ1) is 10.0. The van der Waals surface area contributed by atoms with E-state index in [1.54, 1.807) is 13.2 Å². The second-order valence-electron chi connectivity index (χ2n) is 4.13. The number of nitriles is 1. The molecule has 0 unspecified atom stereocenters. The van der Waals surface area contributed by atoms with Crippen molar-refractivity contribution in [3.05, 3.63) is 52.2 Å². The van der Waals surface area contributed by atoms with Gasteiger partial charge < -0.3 is 9.47 Å². The van der Waals surface area contributed by atoms with E-state index in [9.17, 15) is 0 Å². The van der Waals surface area contributed by atoms with Crippen molar-refractivity contribution in [2.75, 3.05) is 7.11 Å². The Bertz CT molecular complexity index is 688. The Morgan fingerprint density at radius 1 is 1.10 bits per heavy atom. The Kier molecular flexibility index (Phi) is 6.36. The van der Waals surface area contributed by atoms with E-state index < -0.39 is 0 Å². The third kappa shape index (κ3) is 4.35. The molecule has 0 aliphatic carbocycles. The molecule has 0 atom stereocenters. The van der Waals surface area contributed by atoms with Crippen LogP contribution in [-0.2, 0) is 6.61 Å². The van der Waals surface area contributed by atoms with E-state index in [1.807, 2.05) is 12.1 Å². The van der Waals surface area contributed by atoms with Crippen LogP contribution in [0.15, 0.2) is 30.3 Å². The number of nitrogens with zero attached hydrogens (tertiary/aromatic N) is 1. The fraction of sp³-hybridized carbons (Fsp3) is 0.133. The number of halogens is 3. The molecule has 2 aromatic rings. The molecule has 0 saturated carbocycles. The average Bonchev–Trinajstić information content (AvgIpc) is 2.45. The highest BCUT2D eigenvalue weighted by molar-refractivity contribution is 14.1. The molecule has 0 bridgehead atoms. The Balaban J connectivity index is 2.19. The number of rotatable bonds is 4. The lowest BCUT2D eigenvalue weighted by Gasteiger charge is -2.12. The highest BCUT2D eigenvalue weighted by atomic mass is 127. The molecule has 0 aliphatic heterocycles. The minimum atomic E-state index is 0.439. The Labute approximate surface area is 164 Å². The maximum Gasteiger partial charge on any atom is 0.146 e. The predicted molar refractivity (Wildman–Crippen MR) is 107 cm³/mol. The molecule has 0 fully saturated rings. The summed E-state index contributed by atoms with van der Waals surface area (Å²) in [6.07, 6.45) is 0. The highest BCUT2D eigenvalue weighted by Crippen LogP contribution is 2.30. The van der Waals surface area contributed by atoms with Crippen molar-refractivity contribution >= 4 is 67.8 Å². The van der Waals surface area contributed by atoms with Gasteiger partial charge in [0.1, 0.15) is 24.2 Å². The van der Waals surface area contributed by atoms with Crippen LogP contribution < -0.4 is 9.47 Å². The first-order valence-electron chi connectivity index (χ1n) is 5.89. The fourth-order valence-electron chi connectivity index (χ4n) is 1.74. The molecule has 0 aliphatic rings. The third-order valence-corrected chi connectivity index (χ3v) is 4.96. The number of benzene rings is 2. The number of ether oxygens (including phenoxy) is 2. The molecule has 0 radical (unpaired) electrons. The quantitative estimate of drug-likeness (QED) is 0.457. The third-order valence-electron chi connectivity index (χ3n) is 2.73. The normalized spacial score (nSPS) is 10.0. The van der Waals surface area contributed by atoms with Crippen LogP contribution in [0.2, 0.25) is 0 Å². The van der Waals surface area contributed by atoms with Gasteiger partial charge in [-0.2, -0.15) is 5.26 Å². The second kappa shape index (κ2) is 7.82. The maximum absolute atomic E-state index is 8.98. The lowest BCUT2D eigenvalue weighted by molar-refractivity contribution is 0.300. The van der Waals surface area contributed by atoms with Gasteiger partial charge in [0, 0.05) is 3.57 Å². The second-order valence-corrected chi connectivity index (χ2v) is 7.70. The van der Waals surface area contributed by atoms with Gasteiger partial charge in [-0.3, -0.25) is 0 Å². The molecular formula is C15H10I3NO2. The predicted octanol–water partition coefficient (Wildman–Crippen LogP) is 4.96. The minimum Gasteiger partial charge on any atom is -0.495 e. The zero-order valence-electron chi connectivity index (χ0n) is 11.0. The van der Waals surface area contributed by atoms with Crippen LogP contribution in [0.1, 0.15) is 11.1 Å². The molecule has 0 heterocycles. The van der Waals surface area contributed by atoms with Crippen LogP contribution in [0.25, 0.3) is 0 Å². The topological polar surface area (TPSA) is 42.2 Å². The summed E-state index contributed by atoms with van der Waals surface area (Å²) in [5, 5.41) is 8.98. The van der Waals surface area contributed by atoms with E-state index in [2.05, 4.69) is 86.0 Å². The molecule has 2 rings (SSSR count). The van der Waals surface area contributed by atoms with Crippen LogP contribution in [0.3, 0.4) is 0 Å². The van der Waals surface area contributed by atoms with Gasteiger partial charge in [0.2, 0.25) is 0 Å². The first kappa shape index (κ1) is 17.1. The smallest absolute Gasteiger partial charge is 0.146 e. The van der Waals surface area contributed by atoms with E-state index in [0.717, 1.165) is 18.5 Å². The van der Waals surface area contributed by atoms with Crippen LogP contribution in [-0.4, -0.2) is 7.11 Å². The Morgan fingerprint density at radius 2 is 1.76 bits per heavy atom. The number of hydrogen-bond acceptors (Lipinski definition) is 3. The van der Waals surface area contributed by atoms with Crippen LogP contribution in [0.5, 0.6) is 11.5 Å². The first-order valence-corrected chi connectivity index (χ1v) is 9.13. The van der Waals surface area contributed by atoms with E-state index in [-0.39, 0.29) is 0 Å². The average molecular weight is 617 g/mol. The van der Waals surface area contributed by atoms with Crippen molar-refractivity contribution in [2.45, 2.75) is 6.61 Å². The van der Waals surface area contributed by atoms with Crippen molar-refractivity contribution in [1.82, 2.24) is 0 Å². The van der Waals surface area contributed by atoms with Crippen molar-refractivity contribution in [3.63, 3.8) is 0 Å². The molecule has 0 N–H and O–H groups in total. The van der Waals surface area contributed by atoms with Crippen LogP contribution in [0, 0.1) is 22.0 Å². The largest absolute Gasteiger partial charge is 0.495 e. The summed E-state index contributed by atoms with van der Waals surface area (Å²) in [5.74, 6) is 1.46. The van der Waals surface area contributed by atoms with Gasteiger partial charge in [-0.05, 0) is 97.6 Å². The molecule has 21 heavy (non-hydrogen) atoms. The summed E-state index contributed by atoms with van der Waals surface area (Å²) in [6, 6.07) is 11.7. The standard InChI is InChI=1S/C15H10I3NO2/c1-20-14-4-9(2-3-10(14)7-19)8-21-15-12(17)5-11(16)6-13(15)18/h2-6H,8H2,1H3. The maximum atomic E-state index is 8.98. The van der Waals surface area contributed by atoms with Gasteiger partial charge in [0.05, 0.1) is 19.8 Å². The molecule has 0 aromatic heterocycles. The van der Waals surface area contributed by atoms with Crippen molar-refractivity contribution in [3.8, 4) is 17.6 Å². The summed E-state index contributed by atoms with van der Waals surface area (Å²) >= 11 is 6.85. The molecule has 0 amide bonds. The molecular weight excluding hydrogens is 607 g/mol. The summed E-state index contributed by atoms with van der Waals surface area (Å²) in [5.41, 5.74) is 1.50. The molecule has 0 spiro atoms. The van der Waals surface area contributed by atoms with Crippen molar-refractivity contribution < 1.29 is 9.47 Å². The number of methoxy groups -OCH3 is 1. The molecule has 2 aromatic carbocycles. The highest BCUT2D eigenvalue weighted by Gasteiger charge is 2.09. The van der Waals surface area contributed by atoms with Gasteiger partial charge in [-0.1, -0.05) is 6.07 Å². The lowest BCUT2D eigenvalue weighted by Crippen LogP contribution is -2.00.